The van der Waals surface area contributed by atoms with Gasteiger partial charge in [0.25, 0.3) is 0 Å². The molecule has 0 bridgehead atoms. The van der Waals surface area contributed by atoms with Crippen molar-refractivity contribution >= 4 is 23.7 Å². The van der Waals surface area contributed by atoms with Crippen LogP contribution in [0.4, 0.5) is 0 Å². The molecule has 0 radical (unpaired) electrons. The molecule has 3 aliphatic rings. The molecule has 1 fully saturated rings. The smallest absolute Gasteiger partial charge is 0.181 e. The van der Waals surface area contributed by atoms with Gasteiger partial charge in [-0.3, -0.25) is 20.0 Å². The molecule has 1 N–H and O–H groups in total. The average molecular weight is 553 g/mol. The Morgan fingerprint density at radius 2 is 1.52 bits per heavy atom. The number of hydrogen-bond donors (Lipinski definition) is 1. The van der Waals surface area contributed by atoms with Crippen molar-refractivity contribution in [2.24, 2.45) is 9.98 Å². The minimum absolute atomic E-state index is 0.424. The number of allylic oxidation sites excluding steroid dienone is 2. The molecule has 1 saturated heterocycles. The number of nitrogens with one attached hydrogen (secondary N) is 1. The van der Waals surface area contributed by atoms with E-state index >= 15 is 0 Å². The minimum Gasteiger partial charge on any atom is -0.299 e. The summed E-state index contributed by atoms with van der Waals surface area (Å²) in [6.07, 6.45) is 9.21. The van der Waals surface area contributed by atoms with Gasteiger partial charge in [-0.2, -0.15) is 5.10 Å². The van der Waals surface area contributed by atoms with Crippen LogP contribution in [0.25, 0.3) is 22.7 Å². The van der Waals surface area contributed by atoms with Gasteiger partial charge in [0, 0.05) is 48.0 Å². The van der Waals surface area contributed by atoms with Crippen molar-refractivity contribution in [1.82, 2.24) is 20.1 Å². The quantitative estimate of drug-likeness (QED) is 0.267. The summed E-state index contributed by atoms with van der Waals surface area (Å²) < 4.78 is 0. The Labute approximate surface area is 247 Å². The molecule has 0 saturated carbocycles. The highest BCUT2D eigenvalue weighted by atomic mass is 15.2. The van der Waals surface area contributed by atoms with E-state index in [-0.39, 0.29) is 0 Å². The van der Waals surface area contributed by atoms with Crippen molar-refractivity contribution in [2.75, 3.05) is 13.1 Å². The number of nitrogens with zero attached hydrogens (tertiary/aromatic N) is 5. The number of aliphatic imine (C=N–C) groups is 2. The summed E-state index contributed by atoms with van der Waals surface area (Å²) in [4.78, 5) is 17.3. The lowest BCUT2D eigenvalue weighted by Gasteiger charge is -2.31. The third-order valence-corrected chi connectivity index (χ3v) is 8.64. The number of aromatic amines is 1. The predicted molar refractivity (Wildman–Crippen MR) is 171 cm³/mol. The van der Waals surface area contributed by atoms with Gasteiger partial charge in [0.2, 0.25) is 0 Å². The zero-order valence-corrected chi connectivity index (χ0v) is 24.1. The van der Waals surface area contributed by atoms with E-state index in [1.807, 2.05) is 0 Å². The maximum atomic E-state index is 5.00. The molecule has 3 aromatic carbocycles. The lowest BCUT2D eigenvalue weighted by Crippen LogP contribution is -2.32. The number of hydrogen-bond acceptors (Lipinski definition) is 5. The fourth-order valence-corrected chi connectivity index (χ4v) is 6.24. The zero-order valence-electron chi connectivity index (χ0n) is 24.1. The fraction of sp³-hybridized carbons (Fsp3) is 0.278. The van der Waals surface area contributed by atoms with Crippen LogP contribution in [-0.2, 0) is 6.54 Å². The molecule has 42 heavy (non-hydrogen) atoms. The summed E-state index contributed by atoms with van der Waals surface area (Å²) >= 11 is 0. The number of likely N-dealkylation sites (tertiary alicyclic amines) is 1. The van der Waals surface area contributed by atoms with Crippen molar-refractivity contribution in [3.05, 3.63) is 118 Å². The van der Waals surface area contributed by atoms with E-state index in [0.29, 0.717) is 5.92 Å². The Morgan fingerprint density at radius 1 is 0.786 bits per heavy atom. The Hall–Kier alpha value is -4.42. The lowest BCUT2D eigenvalue weighted by molar-refractivity contribution is 0.202. The van der Waals surface area contributed by atoms with Crippen molar-refractivity contribution in [3.63, 3.8) is 0 Å². The number of H-pyrrole nitrogens is 1. The highest BCUT2D eigenvalue weighted by molar-refractivity contribution is 6.02. The Bertz CT molecular complexity index is 1660. The summed E-state index contributed by atoms with van der Waals surface area (Å²) in [5.41, 5.74) is 10.6. The van der Waals surface area contributed by atoms with Gasteiger partial charge in [-0.1, -0.05) is 84.4 Å². The van der Waals surface area contributed by atoms with Crippen molar-refractivity contribution in [3.8, 4) is 11.4 Å². The molecule has 210 valence electrons. The van der Waals surface area contributed by atoms with Crippen LogP contribution in [0.15, 0.2) is 100 Å². The van der Waals surface area contributed by atoms with Crippen LogP contribution < -0.4 is 0 Å². The molecule has 4 aromatic rings. The molecule has 6 nitrogen and oxygen atoms in total. The first-order valence-corrected chi connectivity index (χ1v) is 15.1. The van der Waals surface area contributed by atoms with E-state index in [9.17, 15) is 0 Å². The monoisotopic (exact) mass is 552 g/mol. The van der Waals surface area contributed by atoms with Crippen LogP contribution in [0.2, 0.25) is 0 Å². The fourth-order valence-electron chi connectivity index (χ4n) is 6.24. The second-order valence-corrected chi connectivity index (χ2v) is 11.6. The Morgan fingerprint density at radius 3 is 2.31 bits per heavy atom. The van der Waals surface area contributed by atoms with Crippen LogP contribution in [0.1, 0.15) is 66.1 Å². The molecule has 7 rings (SSSR count). The molecule has 0 unspecified atom stereocenters. The number of aromatic nitrogens is 3. The standard InChI is InChI=1S/C36H36N6/c1-25-9-13-30(14-10-25)35-39-36(41-40-35)31-18-22-42(23-19-31)24-26-11-15-29(16-12-26)34-32(27-6-3-2-4-7-27)33-28(17-21-38-34)8-5-20-37-33/h2-4,6-7,9-16,20-21,31H,5,8,17-19,22-24H2,1H3,(H,39,40,41). The van der Waals surface area contributed by atoms with Crippen molar-refractivity contribution < 1.29 is 0 Å². The summed E-state index contributed by atoms with van der Waals surface area (Å²) in [5, 5.41) is 7.72. The Kier molecular flexibility index (Phi) is 7.45. The SMILES string of the molecule is Cc1ccc(-c2n[nH]c(C3CCN(Cc4ccc(C5=C(c6ccccc6)C6=C(CC=N5)CCC=N6)cc4)CC3)n2)cc1. The van der Waals surface area contributed by atoms with Gasteiger partial charge in [-0.05, 0) is 62.4 Å². The largest absolute Gasteiger partial charge is 0.299 e. The van der Waals surface area contributed by atoms with Gasteiger partial charge in [0.15, 0.2) is 5.82 Å². The van der Waals surface area contributed by atoms with E-state index in [4.69, 9.17) is 15.0 Å². The zero-order chi connectivity index (χ0) is 28.3. The second kappa shape index (κ2) is 11.8. The molecule has 6 heteroatoms. The van der Waals surface area contributed by atoms with E-state index in [2.05, 4.69) is 113 Å². The van der Waals surface area contributed by atoms with Crippen LogP contribution in [0, 0.1) is 6.92 Å². The highest BCUT2D eigenvalue weighted by Gasteiger charge is 2.25. The molecule has 0 aliphatic carbocycles. The molecule has 0 spiro atoms. The summed E-state index contributed by atoms with van der Waals surface area (Å²) in [6.45, 7) is 5.15. The average Bonchev–Trinajstić information content (AvgIpc) is 3.45. The van der Waals surface area contributed by atoms with Crippen LogP contribution in [0.3, 0.4) is 0 Å². The van der Waals surface area contributed by atoms with Crippen LogP contribution in [0.5, 0.6) is 0 Å². The first kappa shape index (κ1) is 26.5. The van der Waals surface area contributed by atoms with Gasteiger partial charge in [-0.15, -0.1) is 0 Å². The third kappa shape index (κ3) is 5.55. The van der Waals surface area contributed by atoms with Gasteiger partial charge in [-0.25, -0.2) is 4.98 Å². The first-order valence-electron chi connectivity index (χ1n) is 15.1. The molecular formula is C36H36N6. The second-order valence-electron chi connectivity index (χ2n) is 11.6. The van der Waals surface area contributed by atoms with Crippen LogP contribution in [-0.4, -0.2) is 45.6 Å². The van der Waals surface area contributed by atoms with Crippen LogP contribution >= 0.6 is 0 Å². The minimum atomic E-state index is 0.424. The highest BCUT2D eigenvalue weighted by Crippen LogP contribution is 2.39. The van der Waals surface area contributed by atoms with Gasteiger partial charge < -0.3 is 0 Å². The lowest BCUT2D eigenvalue weighted by atomic mass is 9.91. The van der Waals surface area contributed by atoms with Crippen molar-refractivity contribution in [2.45, 2.75) is 51.5 Å². The molecule has 3 aliphatic heterocycles. The predicted octanol–water partition coefficient (Wildman–Crippen LogP) is 7.62. The molecule has 0 amide bonds. The maximum Gasteiger partial charge on any atom is 0.181 e. The van der Waals surface area contributed by atoms with Crippen molar-refractivity contribution in [1.29, 1.82) is 0 Å². The third-order valence-electron chi connectivity index (χ3n) is 8.64. The number of rotatable bonds is 6. The van der Waals surface area contributed by atoms with Gasteiger partial charge in [0.1, 0.15) is 5.82 Å². The summed E-state index contributed by atoms with van der Waals surface area (Å²) in [6, 6.07) is 28.0. The Balaban J connectivity index is 1.04. The number of aryl methyl sites for hydroxylation is 1. The first-order chi connectivity index (χ1) is 20.7. The molecular weight excluding hydrogens is 516 g/mol. The van der Waals surface area contributed by atoms with E-state index in [1.165, 1.54) is 22.3 Å². The summed E-state index contributed by atoms with van der Waals surface area (Å²) in [7, 11) is 0. The van der Waals surface area contributed by atoms with Gasteiger partial charge in [0.05, 0.1) is 11.4 Å². The number of piperidine rings is 1. The molecule has 1 aromatic heterocycles. The van der Waals surface area contributed by atoms with Gasteiger partial charge >= 0.3 is 0 Å². The van der Waals surface area contributed by atoms with E-state index in [1.54, 1.807) is 0 Å². The van der Waals surface area contributed by atoms with E-state index < -0.39 is 0 Å². The molecule has 0 atom stereocenters. The topological polar surface area (TPSA) is 69.5 Å². The normalized spacial score (nSPS) is 17.9. The summed E-state index contributed by atoms with van der Waals surface area (Å²) in [5.74, 6) is 2.23. The number of benzene rings is 3. The maximum absolute atomic E-state index is 5.00. The van der Waals surface area contributed by atoms with E-state index in [0.717, 1.165) is 91.5 Å². The molecule has 4 heterocycles.